The minimum absolute atomic E-state index is 0.0992. The predicted octanol–water partition coefficient (Wildman–Crippen LogP) is 1.77. The van der Waals surface area contributed by atoms with Gasteiger partial charge >= 0.3 is 0 Å². The molecule has 0 amide bonds. The normalized spacial score (nSPS) is 18.9. The second-order valence-electron chi connectivity index (χ2n) is 6.41. The standard InChI is InChI=1S/C17H21N5O2S/c1-4-21(14-7-8-25(23,24)11-14)17-15(10-18)19-22(20-17)16-9-12(2)5-6-13(16)3/h5-6,9,14H,4,7-8,11H2,1-3H3. The van der Waals surface area contributed by atoms with Gasteiger partial charge in [-0.15, -0.1) is 15.0 Å². The van der Waals surface area contributed by atoms with E-state index in [1.54, 1.807) is 0 Å². The molecule has 3 rings (SSSR count). The molecule has 132 valence electrons. The van der Waals surface area contributed by atoms with Gasteiger partial charge in [-0.25, -0.2) is 8.42 Å². The van der Waals surface area contributed by atoms with E-state index in [1.165, 1.54) is 4.80 Å². The van der Waals surface area contributed by atoms with Gasteiger partial charge in [-0.05, 0) is 44.4 Å². The Balaban J connectivity index is 2.03. The van der Waals surface area contributed by atoms with Crippen LogP contribution in [0.5, 0.6) is 0 Å². The highest BCUT2D eigenvalue weighted by molar-refractivity contribution is 7.91. The number of aryl methyl sites for hydroxylation is 2. The number of sulfone groups is 1. The van der Waals surface area contributed by atoms with Crippen LogP contribution in [0.3, 0.4) is 0 Å². The molecule has 0 saturated carbocycles. The molecule has 0 N–H and O–H groups in total. The monoisotopic (exact) mass is 359 g/mol. The van der Waals surface area contributed by atoms with Crippen molar-refractivity contribution in [3.05, 3.63) is 35.0 Å². The van der Waals surface area contributed by atoms with Gasteiger partial charge in [-0.3, -0.25) is 0 Å². The fourth-order valence-corrected chi connectivity index (χ4v) is 4.94. The molecule has 1 unspecified atom stereocenters. The van der Waals surface area contributed by atoms with Crippen molar-refractivity contribution >= 4 is 15.7 Å². The van der Waals surface area contributed by atoms with E-state index in [0.717, 1.165) is 16.8 Å². The van der Waals surface area contributed by atoms with Crippen LogP contribution in [0.4, 0.5) is 5.82 Å². The van der Waals surface area contributed by atoms with Crippen LogP contribution >= 0.6 is 0 Å². The molecule has 0 bridgehead atoms. The van der Waals surface area contributed by atoms with Crippen LogP contribution < -0.4 is 4.90 Å². The maximum absolute atomic E-state index is 11.8. The van der Waals surface area contributed by atoms with Crippen LogP contribution in [0.2, 0.25) is 0 Å². The second kappa shape index (κ2) is 6.48. The van der Waals surface area contributed by atoms with E-state index in [4.69, 9.17) is 0 Å². The zero-order chi connectivity index (χ0) is 18.2. The number of benzene rings is 1. The lowest BCUT2D eigenvalue weighted by Gasteiger charge is -2.26. The average molecular weight is 359 g/mol. The van der Waals surface area contributed by atoms with Gasteiger partial charge in [0.15, 0.2) is 15.7 Å². The van der Waals surface area contributed by atoms with E-state index in [-0.39, 0.29) is 23.2 Å². The summed E-state index contributed by atoms with van der Waals surface area (Å²) in [5.74, 6) is 0.733. The van der Waals surface area contributed by atoms with Crippen molar-refractivity contribution in [3.8, 4) is 11.8 Å². The fraction of sp³-hybridized carbons (Fsp3) is 0.471. The third-order valence-corrected chi connectivity index (χ3v) is 6.29. The van der Waals surface area contributed by atoms with Crippen LogP contribution in [-0.4, -0.2) is 47.5 Å². The average Bonchev–Trinajstić information content (AvgIpc) is 3.14. The van der Waals surface area contributed by atoms with Crippen molar-refractivity contribution in [1.29, 1.82) is 5.26 Å². The highest BCUT2D eigenvalue weighted by Crippen LogP contribution is 2.26. The molecule has 25 heavy (non-hydrogen) atoms. The van der Waals surface area contributed by atoms with Gasteiger partial charge < -0.3 is 4.90 Å². The Morgan fingerprint density at radius 3 is 2.72 bits per heavy atom. The number of rotatable bonds is 4. The number of nitriles is 1. The van der Waals surface area contributed by atoms with E-state index in [2.05, 4.69) is 16.3 Å². The molecule has 0 spiro atoms. The SMILES string of the molecule is CCN(c1nn(-c2cc(C)ccc2C)nc1C#N)C1CCS(=O)(=O)C1. The molecule has 1 aliphatic heterocycles. The summed E-state index contributed by atoms with van der Waals surface area (Å²) in [6, 6.07) is 7.90. The van der Waals surface area contributed by atoms with E-state index in [0.29, 0.717) is 18.8 Å². The maximum Gasteiger partial charge on any atom is 0.207 e. The van der Waals surface area contributed by atoms with Gasteiger partial charge in [0.1, 0.15) is 6.07 Å². The summed E-state index contributed by atoms with van der Waals surface area (Å²) in [5.41, 5.74) is 3.11. The molecular formula is C17H21N5O2S. The Morgan fingerprint density at radius 1 is 1.36 bits per heavy atom. The summed E-state index contributed by atoms with van der Waals surface area (Å²) in [6.07, 6.45) is 0.553. The molecule has 1 aromatic heterocycles. The molecule has 1 atom stereocenters. The topological polar surface area (TPSA) is 91.9 Å². The first kappa shape index (κ1) is 17.4. The smallest absolute Gasteiger partial charge is 0.207 e. The molecule has 1 fully saturated rings. The first-order valence-electron chi connectivity index (χ1n) is 8.26. The predicted molar refractivity (Wildman–Crippen MR) is 95.6 cm³/mol. The van der Waals surface area contributed by atoms with Crippen molar-refractivity contribution in [2.75, 3.05) is 23.0 Å². The van der Waals surface area contributed by atoms with E-state index >= 15 is 0 Å². The highest BCUT2D eigenvalue weighted by atomic mass is 32.2. The maximum atomic E-state index is 11.8. The van der Waals surface area contributed by atoms with Gasteiger partial charge in [0, 0.05) is 12.6 Å². The summed E-state index contributed by atoms with van der Waals surface area (Å²) in [4.78, 5) is 3.36. The van der Waals surface area contributed by atoms with Crippen LogP contribution in [-0.2, 0) is 9.84 Å². The van der Waals surface area contributed by atoms with Crippen LogP contribution in [0.1, 0.15) is 30.2 Å². The number of nitrogens with zero attached hydrogens (tertiary/aromatic N) is 5. The molecule has 2 heterocycles. The van der Waals surface area contributed by atoms with Gasteiger partial charge in [0.2, 0.25) is 5.69 Å². The van der Waals surface area contributed by atoms with Crippen molar-refractivity contribution < 1.29 is 8.42 Å². The van der Waals surface area contributed by atoms with E-state index < -0.39 is 9.84 Å². The Morgan fingerprint density at radius 2 is 2.12 bits per heavy atom. The number of anilines is 1. The van der Waals surface area contributed by atoms with Crippen molar-refractivity contribution in [1.82, 2.24) is 15.0 Å². The lowest BCUT2D eigenvalue weighted by molar-refractivity contribution is 0.599. The minimum atomic E-state index is -3.02. The molecule has 7 nitrogen and oxygen atoms in total. The molecule has 2 aromatic rings. The summed E-state index contributed by atoms with van der Waals surface area (Å²) in [7, 11) is -3.02. The summed E-state index contributed by atoms with van der Waals surface area (Å²) >= 11 is 0. The van der Waals surface area contributed by atoms with Crippen LogP contribution in [0.25, 0.3) is 5.69 Å². The Kier molecular flexibility index (Phi) is 4.52. The largest absolute Gasteiger partial charge is 0.349 e. The van der Waals surface area contributed by atoms with E-state index in [9.17, 15) is 13.7 Å². The summed E-state index contributed by atoms with van der Waals surface area (Å²) < 4.78 is 23.6. The lowest BCUT2D eigenvalue weighted by Crippen LogP contribution is -2.37. The summed E-state index contributed by atoms with van der Waals surface area (Å²) in [6.45, 7) is 6.45. The molecule has 0 radical (unpaired) electrons. The van der Waals surface area contributed by atoms with Crippen LogP contribution in [0, 0.1) is 25.2 Å². The van der Waals surface area contributed by atoms with Crippen molar-refractivity contribution in [2.24, 2.45) is 0 Å². The molecule has 8 heteroatoms. The first-order chi connectivity index (χ1) is 11.8. The molecule has 1 saturated heterocycles. The second-order valence-corrected chi connectivity index (χ2v) is 8.63. The van der Waals surface area contributed by atoms with Gasteiger partial charge in [-0.1, -0.05) is 12.1 Å². The van der Waals surface area contributed by atoms with Crippen molar-refractivity contribution in [2.45, 2.75) is 33.2 Å². The number of hydrogen-bond donors (Lipinski definition) is 0. The van der Waals surface area contributed by atoms with Gasteiger partial charge in [0.05, 0.1) is 17.2 Å². The van der Waals surface area contributed by atoms with Gasteiger partial charge in [0.25, 0.3) is 0 Å². The molecule has 1 aliphatic rings. The van der Waals surface area contributed by atoms with Crippen molar-refractivity contribution in [3.63, 3.8) is 0 Å². The number of hydrogen-bond acceptors (Lipinski definition) is 6. The van der Waals surface area contributed by atoms with Gasteiger partial charge in [-0.2, -0.15) is 5.26 Å². The third-order valence-electron chi connectivity index (χ3n) is 4.54. The Hall–Kier alpha value is -2.40. The quantitative estimate of drug-likeness (QED) is 0.826. The van der Waals surface area contributed by atoms with Crippen LogP contribution in [0.15, 0.2) is 18.2 Å². The lowest BCUT2D eigenvalue weighted by atomic mass is 10.1. The molecule has 1 aromatic carbocycles. The zero-order valence-corrected chi connectivity index (χ0v) is 15.4. The third kappa shape index (κ3) is 3.37. The summed E-state index contributed by atoms with van der Waals surface area (Å²) in [5, 5.41) is 18.3. The molecular weight excluding hydrogens is 338 g/mol. The fourth-order valence-electron chi connectivity index (χ4n) is 3.21. The minimum Gasteiger partial charge on any atom is -0.349 e. The molecule has 0 aliphatic carbocycles. The first-order valence-corrected chi connectivity index (χ1v) is 10.1. The Bertz CT molecular complexity index is 942. The zero-order valence-electron chi connectivity index (χ0n) is 14.6. The Labute approximate surface area is 147 Å². The number of aromatic nitrogens is 3. The van der Waals surface area contributed by atoms with E-state index in [1.807, 2.05) is 43.9 Å². The highest BCUT2D eigenvalue weighted by Gasteiger charge is 2.34.